The SMILES string of the molecule is Nc1cn(C2C[CH]CCC2)nc1C(F)F. The number of alkyl halides is 2. The van der Waals surface area contributed by atoms with Gasteiger partial charge in [-0.25, -0.2) is 8.78 Å². The van der Waals surface area contributed by atoms with Crippen LogP contribution in [0.5, 0.6) is 0 Å². The molecule has 2 N–H and O–H groups in total. The summed E-state index contributed by atoms with van der Waals surface area (Å²) in [7, 11) is 0. The van der Waals surface area contributed by atoms with Crippen LogP contribution in [-0.4, -0.2) is 9.78 Å². The molecule has 1 aliphatic carbocycles. The van der Waals surface area contributed by atoms with Gasteiger partial charge in [-0.1, -0.05) is 12.8 Å². The van der Waals surface area contributed by atoms with E-state index >= 15 is 0 Å². The van der Waals surface area contributed by atoms with Gasteiger partial charge in [-0.05, 0) is 19.3 Å². The second-order valence-corrected chi connectivity index (χ2v) is 3.86. The van der Waals surface area contributed by atoms with Crippen molar-refractivity contribution in [3.05, 3.63) is 18.3 Å². The summed E-state index contributed by atoms with van der Waals surface area (Å²) in [5.74, 6) is 0. The van der Waals surface area contributed by atoms with Crippen molar-refractivity contribution in [1.82, 2.24) is 9.78 Å². The zero-order valence-electron chi connectivity index (χ0n) is 8.37. The molecule has 1 aliphatic rings. The lowest BCUT2D eigenvalue weighted by Gasteiger charge is -2.21. The summed E-state index contributed by atoms with van der Waals surface area (Å²) in [5.41, 5.74) is 5.28. The molecular formula is C10H14F2N3. The highest BCUT2D eigenvalue weighted by Crippen LogP contribution is 2.30. The maximum Gasteiger partial charge on any atom is 0.284 e. The van der Waals surface area contributed by atoms with Crippen molar-refractivity contribution < 1.29 is 8.78 Å². The molecule has 1 aromatic heterocycles. The molecule has 83 valence electrons. The van der Waals surface area contributed by atoms with Crippen LogP contribution < -0.4 is 5.73 Å². The van der Waals surface area contributed by atoms with Crippen molar-refractivity contribution in [1.29, 1.82) is 0 Å². The Bertz CT molecular complexity index is 329. The van der Waals surface area contributed by atoms with Crippen LogP contribution >= 0.6 is 0 Å². The normalized spacial score (nSPS) is 18.6. The molecule has 1 heterocycles. The first-order valence-corrected chi connectivity index (χ1v) is 5.13. The number of rotatable bonds is 2. The first kappa shape index (κ1) is 10.4. The summed E-state index contributed by atoms with van der Waals surface area (Å²) in [6.07, 6.45) is 5.19. The molecule has 1 aromatic rings. The highest BCUT2D eigenvalue weighted by Gasteiger charge is 2.21. The Hall–Kier alpha value is -1.13. The van der Waals surface area contributed by atoms with Crippen molar-refractivity contribution >= 4 is 5.69 Å². The molecule has 0 saturated heterocycles. The lowest BCUT2D eigenvalue weighted by atomic mass is 9.96. The van der Waals surface area contributed by atoms with E-state index in [-0.39, 0.29) is 17.4 Å². The fourth-order valence-corrected chi connectivity index (χ4v) is 1.94. The van der Waals surface area contributed by atoms with Gasteiger partial charge in [-0.15, -0.1) is 0 Å². The van der Waals surface area contributed by atoms with Gasteiger partial charge in [0, 0.05) is 6.20 Å². The average molecular weight is 214 g/mol. The van der Waals surface area contributed by atoms with Crippen LogP contribution in [0.4, 0.5) is 14.5 Å². The Labute approximate surface area is 87.3 Å². The van der Waals surface area contributed by atoms with Crippen LogP contribution in [0.2, 0.25) is 0 Å². The number of hydrogen-bond donors (Lipinski definition) is 1. The molecule has 0 aromatic carbocycles. The Kier molecular flexibility index (Phi) is 2.88. The van der Waals surface area contributed by atoms with Crippen LogP contribution in [0.25, 0.3) is 0 Å². The number of hydrogen-bond acceptors (Lipinski definition) is 2. The zero-order valence-corrected chi connectivity index (χ0v) is 8.37. The predicted octanol–water partition coefficient (Wildman–Crippen LogP) is 2.72. The molecule has 0 bridgehead atoms. The summed E-state index contributed by atoms with van der Waals surface area (Å²) >= 11 is 0. The van der Waals surface area contributed by atoms with Crippen molar-refractivity contribution in [3.8, 4) is 0 Å². The highest BCUT2D eigenvalue weighted by atomic mass is 19.3. The molecule has 0 amide bonds. The Morgan fingerprint density at radius 1 is 1.53 bits per heavy atom. The highest BCUT2D eigenvalue weighted by molar-refractivity contribution is 5.41. The topological polar surface area (TPSA) is 43.8 Å². The molecule has 1 atom stereocenters. The number of nitrogens with zero attached hydrogens (tertiary/aromatic N) is 2. The molecule has 0 spiro atoms. The lowest BCUT2D eigenvalue weighted by Crippen LogP contribution is -2.13. The van der Waals surface area contributed by atoms with Gasteiger partial charge in [0.15, 0.2) is 5.69 Å². The Morgan fingerprint density at radius 3 is 2.87 bits per heavy atom. The number of aromatic nitrogens is 2. The smallest absolute Gasteiger partial charge is 0.284 e. The van der Waals surface area contributed by atoms with Crippen LogP contribution in [0.3, 0.4) is 0 Å². The van der Waals surface area contributed by atoms with E-state index in [1.54, 1.807) is 4.68 Å². The van der Waals surface area contributed by atoms with Gasteiger partial charge in [0.25, 0.3) is 6.43 Å². The number of anilines is 1. The third-order valence-electron chi connectivity index (χ3n) is 2.76. The summed E-state index contributed by atoms with van der Waals surface area (Å²) in [5, 5.41) is 3.85. The van der Waals surface area contributed by atoms with E-state index in [9.17, 15) is 8.78 Å². The minimum Gasteiger partial charge on any atom is -0.396 e. The van der Waals surface area contributed by atoms with Gasteiger partial charge in [0.2, 0.25) is 0 Å². The van der Waals surface area contributed by atoms with E-state index in [1.807, 2.05) is 0 Å². The van der Waals surface area contributed by atoms with Crippen LogP contribution in [0, 0.1) is 6.42 Å². The van der Waals surface area contributed by atoms with Crippen molar-refractivity contribution in [2.75, 3.05) is 5.73 Å². The van der Waals surface area contributed by atoms with E-state index in [1.165, 1.54) is 6.20 Å². The van der Waals surface area contributed by atoms with Crippen LogP contribution in [0.1, 0.15) is 43.8 Å². The van der Waals surface area contributed by atoms with Crippen molar-refractivity contribution in [3.63, 3.8) is 0 Å². The van der Waals surface area contributed by atoms with Gasteiger partial charge in [0.05, 0.1) is 11.7 Å². The quantitative estimate of drug-likeness (QED) is 0.822. The van der Waals surface area contributed by atoms with E-state index in [0.717, 1.165) is 25.7 Å². The second-order valence-electron chi connectivity index (χ2n) is 3.86. The largest absolute Gasteiger partial charge is 0.396 e. The molecule has 5 heteroatoms. The minimum atomic E-state index is -2.58. The maximum absolute atomic E-state index is 12.4. The second kappa shape index (κ2) is 4.16. The molecule has 3 nitrogen and oxygen atoms in total. The van der Waals surface area contributed by atoms with Crippen molar-refractivity contribution in [2.45, 2.75) is 38.2 Å². The van der Waals surface area contributed by atoms with Gasteiger partial charge in [0.1, 0.15) is 0 Å². The Balaban J connectivity index is 2.17. The van der Waals surface area contributed by atoms with Gasteiger partial charge < -0.3 is 5.73 Å². The third-order valence-corrected chi connectivity index (χ3v) is 2.76. The van der Waals surface area contributed by atoms with E-state index in [4.69, 9.17) is 5.73 Å². The summed E-state index contributed by atoms with van der Waals surface area (Å²) in [6.45, 7) is 0. The first-order valence-electron chi connectivity index (χ1n) is 5.13. The zero-order chi connectivity index (χ0) is 10.8. The molecule has 1 fully saturated rings. The third kappa shape index (κ3) is 2.11. The van der Waals surface area contributed by atoms with E-state index in [2.05, 4.69) is 11.5 Å². The first-order chi connectivity index (χ1) is 7.18. The van der Waals surface area contributed by atoms with E-state index in [0.29, 0.717) is 0 Å². The molecule has 1 unspecified atom stereocenters. The van der Waals surface area contributed by atoms with Gasteiger partial charge >= 0.3 is 0 Å². The number of nitrogen functional groups attached to an aromatic ring is 1. The molecule has 2 rings (SSSR count). The number of halogens is 2. The lowest BCUT2D eigenvalue weighted by molar-refractivity contribution is 0.145. The van der Waals surface area contributed by atoms with Crippen LogP contribution in [0.15, 0.2) is 6.20 Å². The minimum absolute atomic E-state index is 0.0931. The summed E-state index contributed by atoms with van der Waals surface area (Å²) in [4.78, 5) is 0. The molecule has 0 aliphatic heterocycles. The molecule has 1 radical (unpaired) electrons. The summed E-state index contributed by atoms with van der Waals surface area (Å²) in [6, 6.07) is 0.202. The van der Waals surface area contributed by atoms with E-state index < -0.39 is 6.43 Å². The average Bonchev–Trinajstić information content (AvgIpc) is 2.62. The van der Waals surface area contributed by atoms with Gasteiger partial charge in [-0.3, -0.25) is 4.68 Å². The van der Waals surface area contributed by atoms with Gasteiger partial charge in [-0.2, -0.15) is 5.10 Å². The molecular weight excluding hydrogens is 200 g/mol. The standard InChI is InChI=1S/C10H14F2N3/c11-10(12)9-8(13)6-15(14-9)7-4-2-1-3-5-7/h2,6-7,10H,1,3-5,13H2. The molecule has 15 heavy (non-hydrogen) atoms. The predicted molar refractivity (Wildman–Crippen MR) is 53.4 cm³/mol. The summed E-state index contributed by atoms with van der Waals surface area (Å²) < 4.78 is 26.5. The maximum atomic E-state index is 12.4. The fraction of sp³-hybridized carbons (Fsp3) is 0.600. The van der Waals surface area contributed by atoms with Crippen LogP contribution in [-0.2, 0) is 0 Å². The fourth-order valence-electron chi connectivity index (χ4n) is 1.94. The van der Waals surface area contributed by atoms with Crippen molar-refractivity contribution in [2.24, 2.45) is 0 Å². The monoisotopic (exact) mass is 214 g/mol. The number of nitrogens with two attached hydrogens (primary N) is 1. The molecule has 1 saturated carbocycles. The Morgan fingerprint density at radius 2 is 2.33 bits per heavy atom.